The highest BCUT2D eigenvalue weighted by Crippen LogP contribution is 2.31. The van der Waals surface area contributed by atoms with Crippen LogP contribution in [-0.2, 0) is 16.4 Å². The molecule has 0 saturated carbocycles. The third-order valence-corrected chi connectivity index (χ3v) is 5.83. The lowest BCUT2D eigenvalue weighted by Crippen LogP contribution is -2.18. The normalized spacial score (nSPS) is 12.2. The van der Waals surface area contributed by atoms with Crippen LogP contribution in [0.15, 0.2) is 58.6 Å². The van der Waals surface area contributed by atoms with E-state index in [-0.39, 0.29) is 14.9 Å². The van der Waals surface area contributed by atoms with Crippen LogP contribution in [0.5, 0.6) is 0 Å². The highest BCUT2D eigenvalue weighted by atomic mass is 35.5. The lowest BCUT2D eigenvalue weighted by atomic mass is 10.3. The van der Waals surface area contributed by atoms with Crippen molar-refractivity contribution in [3.05, 3.63) is 53.9 Å². The van der Waals surface area contributed by atoms with Crippen molar-refractivity contribution < 1.29 is 8.42 Å². The highest BCUT2D eigenvalue weighted by molar-refractivity contribution is 7.91. The van der Waals surface area contributed by atoms with Gasteiger partial charge in [0, 0.05) is 24.7 Å². The van der Waals surface area contributed by atoms with E-state index >= 15 is 0 Å². The second-order valence-electron chi connectivity index (χ2n) is 5.83. The molecule has 0 aliphatic heterocycles. The molecule has 0 aliphatic carbocycles. The molecule has 0 spiro atoms. The zero-order chi connectivity index (χ0) is 17.3. The van der Waals surface area contributed by atoms with Gasteiger partial charge in [0.1, 0.15) is 5.15 Å². The maximum atomic E-state index is 13.0. The lowest BCUT2D eigenvalue weighted by molar-refractivity contribution is 0.386. The Kier molecular flexibility index (Phi) is 4.62. The van der Waals surface area contributed by atoms with Crippen molar-refractivity contribution in [2.75, 3.05) is 20.6 Å². The number of likely N-dealkylation sites (N-methyl/N-ethyl adjacent to an activating group) is 1. The molecule has 0 saturated heterocycles. The number of fused-ring (bicyclic) bond motifs is 1. The Hall–Kier alpha value is -1.89. The molecule has 0 bridgehead atoms. The monoisotopic (exact) mass is 363 g/mol. The Bertz CT molecular complexity index is 966. The molecule has 0 radical (unpaired) electrons. The molecular weight excluding hydrogens is 346 g/mol. The molecule has 0 aliphatic rings. The van der Waals surface area contributed by atoms with Crippen molar-refractivity contribution in [1.82, 2.24) is 14.5 Å². The number of aromatic nitrogens is 2. The van der Waals surface area contributed by atoms with Crippen molar-refractivity contribution in [3.8, 4) is 0 Å². The van der Waals surface area contributed by atoms with Crippen LogP contribution in [0.1, 0.15) is 0 Å². The highest BCUT2D eigenvalue weighted by Gasteiger charge is 2.23. The van der Waals surface area contributed by atoms with E-state index in [0.717, 1.165) is 12.1 Å². The molecule has 0 fully saturated rings. The molecule has 0 atom stereocenters. The molecule has 0 amide bonds. The van der Waals surface area contributed by atoms with Crippen molar-refractivity contribution in [1.29, 1.82) is 0 Å². The van der Waals surface area contributed by atoms with E-state index in [1.807, 2.05) is 23.6 Å². The van der Waals surface area contributed by atoms with Gasteiger partial charge in [-0.2, -0.15) is 0 Å². The molecule has 126 valence electrons. The van der Waals surface area contributed by atoms with Crippen LogP contribution >= 0.6 is 11.6 Å². The third-order valence-electron chi connectivity index (χ3n) is 3.83. The molecule has 0 unspecified atom stereocenters. The van der Waals surface area contributed by atoms with Crippen LogP contribution in [0.3, 0.4) is 0 Å². The van der Waals surface area contributed by atoms with Crippen LogP contribution in [0, 0.1) is 0 Å². The zero-order valence-corrected chi connectivity index (χ0v) is 15.0. The van der Waals surface area contributed by atoms with E-state index in [9.17, 15) is 8.42 Å². The summed E-state index contributed by atoms with van der Waals surface area (Å²) < 4.78 is 28.0. The van der Waals surface area contributed by atoms with E-state index in [2.05, 4.69) is 4.98 Å². The molecular formula is C17H18ClN3O2S. The number of hydrogen-bond acceptors (Lipinski definition) is 4. The van der Waals surface area contributed by atoms with Crippen LogP contribution in [0.2, 0.25) is 5.15 Å². The molecule has 1 aromatic carbocycles. The Morgan fingerprint density at radius 1 is 1.21 bits per heavy atom. The minimum absolute atomic E-state index is 0.256. The summed E-state index contributed by atoms with van der Waals surface area (Å²) >= 11 is 6.00. The minimum atomic E-state index is -3.62. The number of sulfone groups is 1. The summed E-state index contributed by atoms with van der Waals surface area (Å²) in [6.45, 7) is 1.45. The number of rotatable bonds is 5. The average molecular weight is 364 g/mol. The zero-order valence-electron chi connectivity index (χ0n) is 13.5. The number of nitrogens with zero attached hydrogens (tertiary/aromatic N) is 3. The van der Waals surface area contributed by atoms with Crippen LogP contribution in [0.25, 0.3) is 10.9 Å². The van der Waals surface area contributed by atoms with Gasteiger partial charge in [-0.15, -0.1) is 0 Å². The number of halogens is 1. The fourth-order valence-electron chi connectivity index (χ4n) is 2.56. The van der Waals surface area contributed by atoms with Crippen molar-refractivity contribution in [2.24, 2.45) is 0 Å². The van der Waals surface area contributed by atoms with Gasteiger partial charge in [-0.3, -0.25) is 0 Å². The summed E-state index contributed by atoms with van der Waals surface area (Å²) in [6.07, 6.45) is 3.30. The fourth-order valence-corrected chi connectivity index (χ4v) is 4.21. The Morgan fingerprint density at radius 3 is 2.58 bits per heavy atom. The van der Waals surface area contributed by atoms with Crippen molar-refractivity contribution in [3.63, 3.8) is 0 Å². The largest absolute Gasteiger partial charge is 0.344 e. The minimum Gasteiger partial charge on any atom is -0.344 e. The molecule has 7 heteroatoms. The van der Waals surface area contributed by atoms with E-state index in [0.29, 0.717) is 11.9 Å². The topological polar surface area (TPSA) is 55.2 Å². The van der Waals surface area contributed by atoms with E-state index in [1.54, 1.807) is 48.8 Å². The number of hydrogen-bond donors (Lipinski definition) is 0. The first kappa shape index (κ1) is 17.0. The van der Waals surface area contributed by atoms with Crippen LogP contribution < -0.4 is 0 Å². The van der Waals surface area contributed by atoms with Crippen molar-refractivity contribution in [2.45, 2.75) is 16.3 Å². The predicted octanol–water partition coefficient (Wildman–Crippen LogP) is 3.08. The second-order valence-corrected chi connectivity index (χ2v) is 8.14. The van der Waals surface area contributed by atoms with Gasteiger partial charge in [-0.1, -0.05) is 29.8 Å². The summed E-state index contributed by atoms with van der Waals surface area (Å²) in [5, 5.41) is 0.870. The molecule has 3 rings (SSSR count). The second kappa shape index (κ2) is 6.55. The molecule has 2 aromatic heterocycles. The molecule has 2 heterocycles. The predicted molar refractivity (Wildman–Crippen MR) is 95.2 cm³/mol. The summed E-state index contributed by atoms with van der Waals surface area (Å²) in [4.78, 5) is 6.67. The van der Waals surface area contributed by atoms with Gasteiger partial charge in [0.15, 0.2) is 0 Å². The Balaban J connectivity index is 2.19. The fraction of sp³-hybridized carbons (Fsp3) is 0.235. The van der Waals surface area contributed by atoms with E-state index < -0.39 is 9.84 Å². The standard InChI is InChI=1S/C17H18ClN3O2S/c1-20(2)8-9-21-12-16(14-10-17(18)19-11-15(14)21)24(22,23)13-6-4-3-5-7-13/h3-7,10-12H,8-9H2,1-2H3. The first-order valence-electron chi connectivity index (χ1n) is 7.49. The molecule has 3 aromatic rings. The molecule has 24 heavy (non-hydrogen) atoms. The summed E-state index contributed by atoms with van der Waals surface area (Å²) in [5.74, 6) is 0. The van der Waals surface area contributed by atoms with Gasteiger partial charge in [0.25, 0.3) is 0 Å². The maximum Gasteiger partial charge on any atom is 0.208 e. The number of pyridine rings is 1. The average Bonchev–Trinajstić information content (AvgIpc) is 2.92. The molecule has 0 N–H and O–H groups in total. The Morgan fingerprint density at radius 2 is 1.92 bits per heavy atom. The maximum absolute atomic E-state index is 13.0. The van der Waals surface area contributed by atoms with Crippen molar-refractivity contribution >= 4 is 32.3 Å². The van der Waals surface area contributed by atoms with Gasteiger partial charge >= 0.3 is 0 Å². The smallest absolute Gasteiger partial charge is 0.208 e. The lowest BCUT2D eigenvalue weighted by Gasteiger charge is -2.10. The van der Waals surface area contributed by atoms with Gasteiger partial charge in [-0.25, -0.2) is 13.4 Å². The van der Waals surface area contributed by atoms with Crippen LogP contribution in [-0.4, -0.2) is 43.5 Å². The van der Waals surface area contributed by atoms with Gasteiger partial charge in [0.2, 0.25) is 9.84 Å². The summed E-state index contributed by atoms with van der Waals surface area (Å²) in [6, 6.07) is 10.0. The van der Waals surface area contributed by atoms with Gasteiger partial charge < -0.3 is 9.47 Å². The Labute approximate surface area is 146 Å². The van der Waals surface area contributed by atoms with Gasteiger partial charge in [-0.05, 0) is 32.3 Å². The summed E-state index contributed by atoms with van der Waals surface area (Å²) in [5.41, 5.74) is 0.760. The van der Waals surface area contributed by atoms with E-state index in [1.165, 1.54) is 0 Å². The van der Waals surface area contributed by atoms with E-state index in [4.69, 9.17) is 11.6 Å². The number of benzene rings is 1. The molecule has 5 nitrogen and oxygen atoms in total. The first-order valence-corrected chi connectivity index (χ1v) is 9.35. The van der Waals surface area contributed by atoms with Crippen LogP contribution in [0.4, 0.5) is 0 Å². The SMILES string of the molecule is CN(C)CCn1cc(S(=O)(=O)c2ccccc2)c2cc(Cl)ncc21. The quantitative estimate of drug-likeness (QED) is 0.654. The summed E-state index contributed by atoms with van der Waals surface area (Å²) in [7, 11) is 0.328. The first-order chi connectivity index (χ1) is 11.4. The third kappa shape index (κ3) is 3.17. The van der Waals surface area contributed by atoms with Gasteiger partial charge in [0.05, 0.1) is 21.5 Å².